The number of aliphatic hydroxyl groups is 1. The second-order valence-electron chi connectivity index (χ2n) is 5.41. The molecule has 2 atom stereocenters. The molecule has 1 aromatic rings. The molecule has 0 aromatic heterocycles. The Morgan fingerprint density at radius 1 is 1.26 bits per heavy atom. The van der Waals surface area contributed by atoms with E-state index < -0.39 is 29.4 Å². The Kier molecular flexibility index (Phi) is 5.12. The van der Waals surface area contributed by atoms with Gasteiger partial charge in [0.15, 0.2) is 5.41 Å². The van der Waals surface area contributed by atoms with Gasteiger partial charge in [-0.05, 0) is 12.0 Å². The van der Waals surface area contributed by atoms with E-state index in [1.165, 1.54) is 7.11 Å². The van der Waals surface area contributed by atoms with E-state index in [0.29, 0.717) is 5.56 Å². The summed E-state index contributed by atoms with van der Waals surface area (Å²) in [6.07, 6.45) is -0.820. The Morgan fingerprint density at radius 3 is 2.48 bits per heavy atom. The minimum Gasteiger partial charge on any atom is -0.389 e. The zero-order chi connectivity index (χ0) is 17.0. The number of carbonyl (C=O) groups is 3. The van der Waals surface area contributed by atoms with Crippen molar-refractivity contribution in [3.8, 4) is 0 Å². The van der Waals surface area contributed by atoms with Gasteiger partial charge in [0.1, 0.15) is 0 Å². The number of rotatable bonds is 6. The number of methoxy groups -OCH3 is 1. The lowest BCUT2D eigenvalue weighted by Crippen LogP contribution is -2.66. The number of aliphatic hydroxyl groups excluding tert-OH is 1. The highest BCUT2D eigenvalue weighted by atomic mass is 16.5. The van der Waals surface area contributed by atoms with Crippen LogP contribution in [0.3, 0.4) is 0 Å². The molecule has 0 bridgehead atoms. The predicted molar refractivity (Wildman–Crippen MR) is 81.5 cm³/mol. The standard InChI is InChI=1S/C16H20N2O5/c1-3-16(11-7-5-4-6-8-11)13(20)17-15(22)18(14(16)21)9-12(19)10-23-2/h4-8,12,19H,3,9-10H2,1-2H3,(H,17,20,22). The summed E-state index contributed by atoms with van der Waals surface area (Å²) in [7, 11) is 1.41. The summed E-state index contributed by atoms with van der Waals surface area (Å²) < 4.78 is 4.81. The molecule has 1 aliphatic rings. The normalized spacial score (nSPS) is 22.9. The van der Waals surface area contributed by atoms with Gasteiger partial charge in [-0.25, -0.2) is 4.79 Å². The highest BCUT2D eigenvalue weighted by Gasteiger charge is 2.54. The number of benzene rings is 1. The van der Waals surface area contributed by atoms with Crippen molar-refractivity contribution in [2.24, 2.45) is 0 Å². The third kappa shape index (κ3) is 2.97. The molecule has 1 saturated heterocycles. The molecule has 0 spiro atoms. The Balaban J connectivity index is 2.40. The zero-order valence-electron chi connectivity index (χ0n) is 13.1. The van der Waals surface area contributed by atoms with E-state index in [2.05, 4.69) is 5.32 Å². The molecular formula is C16H20N2O5. The van der Waals surface area contributed by atoms with E-state index in [1.807, 2.05) is 0 Å². The van der Waals surface area contributed by atoms with Crippen LogP contribution in [0.1, 0.15) is 18.9 Å². The van der Waals surface area contributed by atoms with Crippen molar-refractivity contribution in [1.82, 2.24) is 10.2 Å². The Morgan fingerprint density at radius 2 is 1.91 bits per heavy atom. The van der Waals surface area contributed by atoms with Crippen LogP contribution in [0.2, 0.25) is 0 Å². The predicted octanol–water partition coefficient (Wildman–Crippen LogP) is 0.420. The monoisotopic (exact) mass is 320 g/mol. The minimum atomic E-state index is -1.47. The first-order valence-electron chi connectivity index (χ1n) is 7.37. The molecule has 2 rings (SSSR count). The van der Waals surface area contributed by atoms with Crippen molar-refractivity contribution < 1.29 is 24.2 Å². The number of hydrogen-bond acceptors (Lipinski definition) is 5. The SMILES string of the molecule is CCC1(c2ccccc2)C(=O)NC(=O)N(CC(O)COC)C1=O. The van der Waals surface area contributed by atoms with Crippen molar-refractivity contribution in [1.29, 1.82) is 0 Å². The van der Waals surface area contributed by atoms with Crippen LogP contribution in [0.25, 0.3) is 0 Å². The fraction of sp³-hybridized carbons (Fsp3) is 0.438. The van der Waals surface area contributed by atoms with Crippen LogP contribution in [0.4, 0.5) is 4.79 Å². The minimum absolute atomic E-state index is 0.0184. The van der Waals surface area contributed by atoms with E-state index in [9.17, 15) is 19.5 Å². The van der Waals surface area contributed by atoms with Crippen LogP contribution < -0.4 is 5.32 Å². The number of amides is 4. The van der Waals surface area contributed by atoms with Crippen molar-refractivity contribution in [2.45, 2.75) is 24.9 Å². The third-order valence-electron chi connectivity index (χ3n) is 4.01. The van der Waals surface area contributed by atoms with Gasteiger partial charge >= 0.3 is 6.03 Å². The number of barbiturate groups is 1. The lowest BCUT2D eigenvalue weighted by Gasteiger charge is -2.39. The van der Waals surface area contributed by atoms with Crippen LogP contribution in [0, 0.1) is 0 Å². The summed E-state index contributed by atoms with van der Waals surface area (Å²) >= 11 is 0. The lowest BCUT2D eigenvalue weighted by molar-refractivity contribution is -0.146. The number of imide groups is 2. The Bertz CT molecular complexity index is 604. The smallest absolute Gasteiger partial charge is 0.330 e. The third-order valence-corrected chi connectivity index (χ3v) is 4.01. The second-order valence-corrected chi connectivity index (χ2v) is 5.41. The maximum Gasteiger partial charge on any atom is 0.330 e. The van der Waals surface area contributed by atoms with Crippen molar-refractivity contribution >= 4 is 17.8 Å². The van der Waals surface area contributed by atoms with Gasteiger partial charge in [-0.15, -0.1) is 0 Å². The first kappa shape index (κ1) is 17.1. The lowest BCUT2D eigenvalue weighted by atomic mass is 9.74. The topological polar surface area (TPSA) is 95.9 Å². The molecule has 23 heavy (non-hydrogen) atoms. The number of carbonyl (C=O) groups excluding carboxylic acids is 3. The largest absolute Gasteiger partial charge is 0.389 e. The maximum atomic E-state index is 12.9. The molecule has 1 heterocycles. The summed E-state index contributed by atoms with van der Waals surface area (Å²) in [5.41, 5.74) is -0.953. The number of nitrogens with zero attached hydrogens (tertiary/aromatic N) is 1. The molecule has 2 N–H and O–H groups in total. The van der Waals surface area contributed by atoms with E-state index in [1.54, 1.807) is 37.3 Å². The molecular weight excluding hydrogens is 300 g/mol. The van der Waals surface area contributed by atoms with Crippen molar-refractivity contribution in [2.75, 3.05) is 20.3 Å². The van der Waals surface area contributed by atoms with Crippen molar-refractivity contribution in [3.63, 3.8) is 0 Å². The maximum absolute atomic E-state index is 12.9. The van der Waals surface area contributed by atoms with Gasteiger partial charge in [0.25, 0.3) is 5.91 Å². The molecule has 124 valence electrons. The van der Waals surface area contributed by atoms with Gasteiger partial charge in [-0.3, -0.25) is 19.8 Å². The average Bonchev–Trinajstić information content (AvgIpc) is 2.53. The van der Waals surface area contributed by atoms with Gasteiger partial charge in [0.05, 0.1) is 19.3 Å². The molecule has 1 fully saturated rings. The van der Waals surface area contributed by atoms with Crippen LogP contribution in [0.5, 0.6) is 0 Å². The molecule has 7 heteroatoms. The fourth-order valence-electron chi connectivity index (χ4n) is 2.81. The van der Waals surface area contributed by atoms with E-state index in [4.69, 9.17) is 4.74 Å². The molecule has 4 amide bonds. The molecule has 0 aliphatic carbocycles. The second kappa shape index (κ2) is 6.89. The van der Waals surface area contributed by atoms with E-state index >= 15 is 0 Å². The average molecular weight is 320 g/mol. The van der Waals surface area contributed by atoms with Gasteiger partial charge < -0.3 is 9.84 Å². The number of ether oxygens (including phenoxy) is 1. The van der Waals surface area contributed by atoms with Crippen molar-refractivity contribution in [3.05, 3.63) is 35.9 Å². The van der Waals surface area contributed by atoms with Crippen LogP contribution in [-0.2, 0) is 19.7 Å². The summed E-state index contributed by atoms with van der Waals surface area (Å²) in [5, 5.41) is 12.1. The number of nitrogens with one attached hydrogen (secondary N) is 1. The molecule has 7 nitrogen and oxygen atoms in total. The molecule has 1 aromatic carbocycles. The first-order chi connectivity index (χ1) is 11.0. The summed E-state index contributed by atoms with van der Waals surface area (Å²) in [4.78, 5) is 38.3. The van der Waals surface area contributed by atoms with Crippen LogP contribution in [-0.4, -0.2) is 54.2 Å². The Hall–Kier alpha value is -2.25. The first-order valence-corrected chi connectivity index (χ1v) is 7.37. The Labute approximate surface area is 134 Å². The van der Waals surface area contributed by atoms with Gasteiger partial charge in [0, 0.05) is 7.11 Å². The number of urea groups is 1. The van der Waals surface area contributed by atoms with E-state index in [-0.39, 0.29) is 19.6 Å². The van der Waals surface area contributed by atoms with Crippen LogP contribution >= 0.6 is 0 Å². The molecule has 0 saturated carbocycles. The summed E-state index contributed by atoms with van der Waals surface area (Å²) in [5.74, 6) is -1.27. The molecule has 1 aliphatic heterocycles. The fourth-order valence-corrected chi connectivity index (χ4v) is 2.81. The van der Waals surface area contributed by atoms with E-state index in [0.717, 1.165) is 4.90 Å². The highest BCUT2D eigenvalue weighted by Crippen LogP contribution is 2.33. The number of β-amino-alcohol motifs (C(OH)–C–C–N with tert-alkyl or cyclic N) is 1. The molecule has 0 radical (unpaired) electrons. The van der Waals surface area contributed by atoms with Gasteiger partial charge in [0.2, 0.25) is 5.91 Å². The quantitative estimate of drug-likeness (QED) is 0.741. The van der Waals surface area contributed by atoms with Gasteiger partial charge in [-0.1, -0.05) is 37.3 Å². The molecule has 2 unspecified atom stereocenters. The number of hydrogen-bond donors (Lipinski definition) is 2. The van der Waals surface area contributed by atoms with Crippen LogP contribution in [0.15, 0.2) is 30.3 Å². The summed E-state index contributed by atoms with van der Waals surface area (Å²) in [6.45, 7) is 1.46. The summed E-state index contributed by atoms with van der Waals surface area (Å²) in [6, 6.07) is 7.78. The highest BCUT2D eigenvalue weighted by molar-refractivity contribution is 6.22. The zero-order valence-corrected chi connectivity index (χ0v) is 13.1. The van der Waals surface area contributed by atoms with Gasteiger partial charge in [-0.2, -0.15) is 0 Å².